The van der Waals surface area contributed by atoms with Crippen molar-refractivity contribution < 1.29 is 14.7 Å². The smallest absolute Gasteiger partial charge is 0.168 e. The zero-order chi connectivity index (χ0) is 23.0. The Labute approximate surface area is 193 Å². The summed E-state index contributed by atoms with van der Waals surface area (Å²) in [6, 6.07) is 25.9. The molecule has 3 aromatic rings. The van der Waals surface area contributed by atoms with Crippen molar-refractivity contribution in [1.29, 1.82) is 0 Å². The molecule has 162 valence electrons. The minimum atomic E-state index is -1.12. The van der Waals surface area contributed by atoms with E-state index in [1.165, 1.54) is 6.08 Å². The van der Waals surface area contributed by atoms with Crippen molar-refractivity contribution in [2.75, 3.05) is 0 Å². The lowest BCUT2D eigenvalue weighted by atomic mass is 9.50. The molecule has 3 nitrogen and oxygen atoms in total. The maximum Gasteiger partial charge on any atom is 0.168 e. The number of carbonyl (C=O) groups is 2. The number of rotatable bonds is 4. The lowest BCUT2D eigenvalue weighted by Crippen LogP contribution is -2.54. The highest BCUT2D eigenvalue weighted by Gasteiger charge is 2.59. The molecule has 0 saturated heterocycles. The second kappa shape index (κ2) is 8.18. The number of hydrogen-bond donors (Lipinski definition) is 1. The zero-order valence-corrected chi connectivity index (χ0v) is 18.1. The van der Waals surface area contributed by atoms with Gasteiger partial charge in [-0.05, 0) is 46.9 Å². The van der Waals surface area contributed by atoms with Gasteiger partial charge in [-0.2, -0.15) is 0 Å². The second-order valence-electron chi connectivity index (χ2n) is 8.61. The Morgan fingerprint density at radius 2 is 1.61 bits per heavy atom. The van der Waals surface area contributed by atoms with Gasteiger partial charge in [0.05, 0.1) is 5.41 Å². The van der Waals surface area contributed by atoms with Crippen molar-refractivity contribution in [3.63, 3.8) is 0 Å². The van der Waals surface area contributed by atoms with E-state index < -0.39 is 17.3 Å². The summed E-state index contributed by atoms with van der Waals surface area (Å²) in [4.78, 5) is 28.3. The van der Waals surface area contributed by atoms with Crippen LogP contribution in [-0.4, -0.2) is 16.7 Å². The van der Waals surface area contributed by atoms with Gasteiger partial charge in [0.15, 0.2) is 11.6 Å². The molecule has 0 fully saturated rings. The van der Waals surface area contributed by atoms with Crippen LogP contribution < -0.4 is 0 Å². The summed E-state index contributed by atoms with van der Waals surface area (Å²) in [5.74, 6) is -1.03. The van der Waals surface area contributed by atoms with Crippen molar-refractivity contribution in [3.8, 4) is 5.75 Å². The summed E-state index contributed by atoms with van der Waals surface area (Å²) < 4.78 is 0. The van der Waals surface area contributed by atoms with Gasteiger partial charge in [-0.3, -0.25) is 9.59 Å². The van der Waals surface area contributed by atoms with Gasteiger partial charge in [-0.1, -0.05) is 91.5 Å². The number of phenolic OH excluding ortho intramolecular Hbond substituents is 1. The zero-order valence-electron chi connectivity index (χ0n) is 18.1. The van der Waals surface area contributed by atoms with Gasteiger partial charge >= 0.3 is 0 Å². The van der Waals surface area contributed by atoms with E-state index in [2.05, 4.69) is 6.58 Å². The SMILES string of the molecule is C=CC1=CCC2C(=O)C(c3ccccc3)=CC(=O)C2(c2ccccc2)C1c1cccc(O)c1. The van der Waals surface area contributed by atoms with Crippen LogP contribution in [0.25, 0.3) is 5.57 Å². The van der Waals surface area contributed by atoms with Crippen molar-refractivity contribution in [2.24, 2.45) is 5.92 Å². The quantitative estimate of drug-likeness (QED) is 0.568. The Hall–Kier alpha value is -3.98. The van der Waals surface area contributed by atoms with Crippen molar-refractivity contribution in [2.45, 2.75) is 17.8 Å². The van der Waals surface area contributed by atoms with Crippen LogP contribution in [0.2, 0.25) is 0 Å². The lowest BCUT2D eigenvalue weighted by molar-refractivity contribution is -0.131. The average molecular weight is 433 g/mol. The first-order chi connectivity index (χ1) is 16.1. The third-order valence-corrected chi connectivity index (χ3v) is 6.97. The van der Waals surface area contributed by atoms with E-state index in [0.29, 0.717) is 12.0 Å². The number of ketones is 2. The molecule has 2 aliphatic rings. The number of hydrogen-bond acceptors (Lipinski definition) is 3. The molecule has 0 saturated carbocycles. The van der Waals surface area contributed by atoms with E-state index >= 15 is 0 Å². The Bertz CT molecular complexity index is 1300. The van der Waals surface area contributed by atoms with E-state index in [1.807, 2.05) is 72.8 Å². The van der Waals surface area contributed by atoms with E-state index in [-0.39, 0.29) is 17.3 Å². The summed E-state index contributed by atoms with van der Waals surface area (Å²) >= 11 is 0. The van der Waals surface area contributed by atoms with E-state index in [0.717, 1.165) is 22.3 Å². The molecule has 0 spiro atoms. The summed E-state index contributed by atoms with van der Waals surface area (Å²) in [6.07, 6.45) is 5.76. The molecule has 3 aromatic carbocycles. The predicted octanol–water partition coefficient (Wildman–Crippen LogP) is 5.78. The maximum atomic E-state index is 14.3. The molecule has 33 heavy (non-hydrogen) atoms. The number of carbonyl (C=O) groups excluding carboxylic acids is 2. The molecule has 0 radical (unpaired) electrons. The molecule has 3 atom stereocenters. The molecule has 5 rings (SSSR count). The number of Topliss-reactive ketones (excluding diaryl/α,β-unsaturated/α-hetero) is 1. The van der Waals surface area contributed by atoms with E-state index in [4.69, 9.17) is 0 Å². The number of aromatic hydroxyl groups is 1. The van der Waals surface area contributed by atoms with Gasteiger partial charge in [0.1, 0.15) is 5.75 Å². The summed E-state index contributed by atoms with van der Waals surface area (Å²) in [5, 5.41) is 10.3. The Balaban J connectivity index is 1.82. The highest BCUT2D eigenvalue weighted by molar-refractivity contribution is 6.31. The normalized spacial score (nSPS) is 24.5. The molecule has 3 unspecified atom stereocenters. The molecule has 2 aliphatic carbocycles. The van der Waals surface area contributed by atoms with Crippen LogP contribution in [0.3, 0.4) is 0 Å². The molecule has 0 aliphatic heterocycles. The molecule has 1 N–H and O–H groups in total. The summed E-state index contributed by atoms with van der Waals surface area (Å²) in [7, 11) is 0. The monoisotopic (exact) mass is 432 g/mol. The number of phenols is 1. The standard InChI is InChI=1S/C30H24O3/c1-2-20-16-17-26-29(33)25(21-10-5-3-6-11-21)19-27(32)30(26,23-13-7-4-8-14-23)28(20)22-12-9-15-24(31)18-22/h2-16,18-19,26,28,31H,1,17H2. The summed E-state index contributed by atoms with van der Waals surface area (Å²) in [6.45, 7) is 4.01. The topological polar surface area (TPSA) is 54.4 Å². The maximum absolute atomic E-state index is 14.3. The minimum Gasteiger partial charge on any atom is -0.508 e. The number of allylic oxidation sites excluding steroid dienone is 5. The third-order valence-electron chi connectivity index (χ3n) is 6.97. The second-order valence-corrected chi connectivity index (χ2v) is 8.61. The first kappa shape index (κ1) is 20.9. The van der Waals surface area contributed by atoms with Gasteiger partial charge in [-0.15, -0.1) is 0 Å². The fraction of sp³-hybridized carbons (Fsp3) is 0.133. The number of fused-ring (bicyclic) bond motifs is 1. The molecule has 0 aromatic heterocycles. The summed E-state index contributed by atoms with van der Waals surface area (Å²) in [5.41, 5.74) is 2.57. The van der Waals surface area contributed by atoms with E-state index in [1.54, 1.807) is 24.3 Å². The Morgan fingerprint density at radius 1 is 0.909 bits per heavy atom. The van der Waals surface area contributed by atoms with Crippen molar-refractivity contribution in [3.05, 3.63) is 132 Å². The molecule has 0 bridgehead atoms. The minimum absolute atomic E-state index is 0.0332. The molecule has 3 heteroatoms. The fourth-order valence-electron chi connectivity index (χ4n) is 5.59. The van der Waals surface area contributed by atoms with Crippen LogP contribution in [0.15, 0.2) is 115 Å². The van der Waals surface area contributed by atoms with Crippen LogP contribution in [0.4, 0.5) is 0 Å². The van der Waals surface area contributed by atoms with Crippen molar-refractivity contribution >= 4 is 17.1 Å². The van der Waals surface area contributed by atoms with E-state index in [9.17, 15) is 14.7 Å². The fourth-order valence-corrected chi connectivity index (χ4v) is 5.59. The lowest BCUT2D eigenvalue weighted by Gasteiger charge is -2.49. The van der Waals surface area contributed by atoms with Gasteiger partial charge < -0.3 is 5.11 Å². The van der Waals surface area contributed by atoms with Crippen LogP contribution >= 0.6 is 0 Å². The van der Waals surface area contributed by atoms with Gasteiger partial charge in [-0.25, -0.2) is 0 Å². The highest BCUT2D eigenvalue weighted by atomic mass is 16.3. The van der Waals surface area contributed by atoms with Crippen LogP contribution in [0.5, 0.6) is 5.75 Å². The molecular weight excluding hydrogens is 408 g/mol. The molecule has 0 amide bonds. The van der Waals surface area contributed by atoms with Crippen LogP contribution in [0.1, 0.15) is 29.0 Å². The van der Waals surface area contributed by atoms with Gasteiger partial charge in [0.25, 0.3) is 0 Å². The first-order valence-corrected chi connectivity index (χ1v) is 11.1. The van der Waals surface area contributed by atoms with Gasteiger partial charge in [0.2, 0.25) is 0 Å². The Kier molecular flexibility index (Phi) is 5.18. The number of benzene rings is 3. The molecule has 0 heterocycles. The van der Waals surface area contributed by atoms with Gasteiger partial charge in [0, 0.05) is 17.4 Å². The predicted molar refractivity (Wildman–Crippen MR) is 130 cm³/mol. The Morgan fingerprint density at radius 3 is 2.27 bits per heavy atom. The molecular formula is C30H24O3. The third kappa shape index (κ3) is 3.20. The average Bonchev–Trinajstić information content (AvgIpc) is 2.86. The highest BCUT2D eigenvalue weighted by Crippen LogP contribution is 2.57. The largest absolute Gasteiger partial charge is 0.508 e. The van der Waals surface area contributed by atoms with Crippen LogP contribution in [0, 0.1) is 5.92 Å². The first-order valence-electron chi connectivity index (χ1n) is 11.1. The van der Waals surface area contributed by atoms with Crippen molar-refractivity contribution in [1.82, 2.24) is 0 Å². The van der Waals surface area contributed by atoms with Crippen LogP contribution in [-0.2, 0) is 15.0 Å².